The predicted octanol–water partition coefficient (Wildman–Crippen LogP) is 2.46. The lowest BCUT2D eigenvalue weighted by atomic mass is 10.00. The van der Waals surface area contributed by atoms with Gasteiger partial charge in [0.25, 0.3) is 0 Å². The van der Waals surface area contributed by atoms with E-state index in [1.807, 2.05) is 12.3 Å². The molecule has 1 saturated heterocycles. The van der Waals surface area contributed by atoms with E-state index in [1.165, 1.54) is 0 Å². The van der Waals surface area contributed by atoms with E-state index in [0.717, 1.165) is 40.4 Å². The Balaban J connectivity index is 1.87. The SMILES string of the molecule is CCS(=O)(=O)N1CCC(Nc2cc(C(C=NC)=CN)cc3ccncc23)CC1. The molecule has 0 saturated carbocycles. The molecule has 0 atom stereocenters. The van der Waals surface area contributed by atoms with Gasteiger partial charge in [-0.3, -0.25) is 9.98 Å². The molecule has 3 rings (SSSR count). The van der Waals surface area contributed by atoms with Crippen LogP contribution in [0, 0.1) is 0 Å². The molecule has 0 radical (unpaired) electrons. The minimum atomic E-state index is -3.12. The summed E-state index contributed by atoms with van der Waals surface area (Å²) in [6.45, 7) is 2.77. The fourth-order valence-corrected chi connectivity index (χ4v) is 4.65. The molecule has 0 unspecified atom stereocenters. The number of anilines is 1. The van der Waals surface area contributed by atoms with Crippen molar-refractivity contribution in [2.24, 2.45) is 10.7 Å². The van der Waals surface area contributed by atoms with E-state index < -0.39 is 10.0 Å². The van der Waals surface area contributed by atoms with Crippen LogP contribution in [0.4, 0.5) is 5.69 Å². The predicted molar refractivity (Wildman–Crippen MR) is 116 cm³/mol. The molecule has 7 nitrogen and oxygen atoms in total. The van der Waals surface area contributed by atoms with Crippen LogP contribution in [0.25, 0.3) is 16.3 Å². The molecule has 1 aromatic heterocycles. The Hall–Kier alpha value is -2.45. The lowest BCUT2D eigenvalue weighted by Gasteiger charge is -2.32. The van der Waals surface area contributed by atoms with Crippen LogP contribution in [0.1, 0.15) is 25.3 Å². The maximum atomic E-state index is 12.1. The molecule has 150 valence electrons. The fourth-order valence-electron chi connectivity index (χ4n) is 3.52. The quantitative estimate of drug-likeness (QED) is 0.724. The second kappa shape index (κ2) is 8.70. The Labute approximate surface area is 166 Å². The van der Waals surface area contributed by atoms with Crippen LogP contribution >= 0.6 is 0 Å². The first-order valence-corrected chi connectivity index (χ1v) is 11.1. The number of nitrogens with zero attached hydrogens (tertiary/aromatic N) is 3. The number of pyridine rings is 1. The highest BCUT2D eigenvalue weighted by molar-refractivity contribution is 7.89. The minimum absolute atomic E-state index is 0.149. The molecule has 0 bridgehead atoms. The molecular formula is C20H27N5O2S. The van der Waals surface area contributed by atoms with Gasteiger partial charge in [-0.2, -0.15) is 0 Å². The summed E-state index contributed by atoms with van der Waals surface area (Å²) in [5, 5.41) is 5.69. The number of hydrogen-bond donors (Lipinski definition) is 2. The van der Waals surface area contributed by atoms with Crippen LogP contribution in [0.15, 0.2) is 41.8 Å². The third-order valence-corrected chi connectivity index (χ3v) is 6.99. The van der Waals surface area contributed by atoms with Crippen LogP contribution in [0.3, 0.4) is 0 Å². The highest BCUT2D eigenvalue weighted by Gasteiger charge is 2.26. The minimum Gasteiger partial charge on any atom is -0.404 e. The molecule has 0 amide bonds. The first kappa shape index (κ1) is 20.3. The molecule has 3 N–H and O–H groups in total. The summed E-state index contributed by atoms with van der Waals surface area (Å²) in [5.41, 5.74) is 8.58. The Morgan fingerprint density at radius 2 is 2.14 bits per heavy atom. The average Bonchev–Trinajstić information content (AvgIpc) is 2.72. The van der Waals surface area contributed by atoms with Crippen molar-refractivity contribution in [3.8, 4) is 0 Å². The highest BCUT2D eigenvalue weighted by atomic mass is 32.2. The number of rotatable bonds is 6. The molecule has 1 aromatic carbocycles. The summed E-state index contributed by atoms with van der Waals surface area (Å²) in [6, 6.07) is 6.29. The number of sulfonamides is 1. The molecule has 8 heteroatoms. The zero-order chi connectivity index (χ0) is 20.1. The molecule has 0 aliphatic carbocycles. The van der Waals surface area contributed by atoms with E-state index in [2.05, 4.69) is 27.4 Å². The summed E-state index contributed by atoms with van der Waals surface area (Å²) in [4.78, 5) is 8.34. The van der Waals surface area contributed by atoms with Crippen molar-refractivity contribution in [3.05, 3.63) is 42.4 Å². The lowest BCUT2D eigenvalue weighted by Crippen LogP contribution is -2.42. The summed E-state index contributed by atoms with van der Waals surface area (Å²) in [6.07, 6.45) is 8.43. The van der Waals surface area contributed by atoms with Crippen molar-refractivity contribution in [2.45, 2.75) is 25.8 Å². The molecule has 1 aliphatic heterocycles. The Morgan fingerprint density at radius 3 is 2.79 bits per heavy atom. The number of aliphatic imine (C=N–C) groups is 1. The number of piperidine rings is 1. The Kier molecular flexibility index (Phi) is 6.31. The molecule has 2 heterocycles. The standard InChI is InChI=1S/C20H27N5O2S/c1-3-28(26,27)25-8-5-18(6-9-25)24-20-11-16(17(12-21)13-22-2)10-15-4-7-23-14-19(15)20/h4,7,10-14,18,24H,3,5-6,8-9,21H2,1-2H3. The average molecular weight is 402 g/mol. The van der Waals surface area contributed by atoms with Crippen LogP contribution in [0.5, 0.6) is 0 Å². The van der Waals surface area contributed by atoms with Crippen molar-refractivity contribution < 1.29 is 8.42 Å². The zero-order valence-corrected chi connectivity index (χ0v) is 17.1. The molecule has 0 spiro atoms. The van der Waals surface area contributed by atoms with Gasteiger partial charge in [0.1, 0.15) is 0 Å². The van der Waals surface area contributed by atoms with Crippen LogP contribution in [-0.4, -0.2) is 55.9 Å². The van der Waals surface area contributed by atoms with E-state index in [9.17, 15) is 8.42 Å². The summed E-state index contributed by atoms with van der Waals surface area (Å²) in [7, 11) is -1.41. The number of fused-ring (bicyclic) bond motifs is 1. The van der Waals surface area contributed by atoms with Gasteiger partial charge in [-0.1, -0.05) is 0 Å². The van der Waals surface area contributed by atoms with Gasteiger partial charge < -0.3 is 11.1 Å². The second-order valence-electron chi connectivity index (χ2n) is 6.85. The van der Waals surface area contributed by atoms with Crippen LogP contribution < -0.4 is 11.1 Å². The molecule has 2 aromatic rings. The van der Waals surface area contributed by atoms with E-state index in [4.69, 9.17) is 5.73 Å². The van der Waals surface area contributed by atoms with E-state index in [-0.39, 0.29) is 11.8 Å². The molecule has 28 heavy (non-hydrogen) atoms. The van der Waals surface area contributed by atoms with Crippen LogP contribution in [0.2, 0.25) is 0 Å². The fraction of sp³-hybridized carbons (Fsp3) is 0.400. The number of hydrogen-bond acceptors (Lipinski definition) is 6. The molecular weight excluding hydrogens is 374 g/mol. The van der Waals surface area contributed by atoms with Crippen LogP contribution in [-0.2, 0) is 10.0 Å². The van der Waals surface area contributed by atoms with Gasteiger partial charge in [0, 0.05) is 67.6 Å². The smallest absolute Gasteiger partial charge is 0.213 e. The number of nitrogens with one attached hydrogen (secondary N) is 1. The maximum absolute atomic E-state index is 12.1. The number of aromatic nitrogens is 1. The van der Waals surface area contributed by atoms with Gasteiger partial charge in [0.05, 0.1) is 5.75 Å². The molecule has 1 fully saturated rings. The third kappa shape index (κ3) is 4.34. The van der Waals surface area contributed by atoms with E-state index in [0.29, 0.717) is 13.1 Å². The van der Waals surface area contributed by atoms with Crippen molar-refractivity contribution >= 4 is 38.3 Å². The third-order valence-electron chi connectivity index (χ3n) is 5.11. The van der Waals surface area contributed by atoms with Gasteiger partial charge in [-0.15, -0.1) is 0 Å². The van der Waals surface area contributed by atoms with Crippen molar-refractivity contribution in [1.82, 2.24) is 9.29 Å². The van der Waals surface area contributed by atoms with E-state index >= 15 is 0 Å². The summed E-state index contributed by atoms with van der Waals surface area (Å²) < 4.78 is 25.7. The molecule has 1 aliphatic rings. The van der Waals surface area contributed by atoms with Gasteiger partial charge in [-0.25, -0.2) is 12.7 Å². The normalized spacial score (nSPS) is 17.4. The Bertz CT molecular complexity index is 993. The zero-order valence-electron chi connectivity index (χ0n) is 16.3. The topological polar surface area (TPSA) is 101 Å². The number of nitrogens with two attached hydrogens (primary N) is 1. The van der Waals surface area contributed by atoms with Gasteiger partial charge in [0.15, 0.2) is 0 Å². The van der Waals surface area contributed by atoms with Gasteiger partial charge in [-0.05, 0) is 48.9 Å². The summed E-state index contributed by atoms with van der Waals surface area (Å²) in [5.74, 6) is 0.149. The monoisotopic (exact) mass is 401 g/mol. The second-order valence-corrected chi connectivity index (χ2v) is 9.11. The highest BCUT2D eigenvalue weighted by Crippen LogP contribution is 2.29. The maximum Gasteiger partial charge on any atom is 0.213 e. The number of allylic oxidation sites excluding steroid dienone is 1. The number of benzene rings is 1. The lowest BCUT2D eigenvalue weighted by molar-refractivity contribution is 0.330. The summed E-state index contributed by atoms with van der Waals surface area (Å²) >= 11 is 0. The van der Waals surface area contributed by atoms with Gasteiger partial charge in [0.2, 0.25) is 10.0 Å². The largest absolute Gasteiger partial charge is 0.404 e. The van der Waals surface area contributed by atoms with Crippen molar-refractivity contribution in [2.75, 3.05) is 31.2 Å². The van der Waals surface area contributed by atoms with Crippen molar-refractivity contribution in [3.63, 3.8) is 0 Å². The van der Waals surface area contributed by atoms with Gasteiger partial charge >= 0.3 is 0 Å². The van der Waals surface area contributed by atoms with Crippen molar-refractivity contribution in [1.29, 1.82) is 0 Å². The Morgan fingerprint density at radius 1 is 1.39 bits per heavy atom. The van der Waals surface area contributed by atoms with E-state index in [1.54, 1.807) is 36.9 Å². The first-order valence-electron chi connectivity index (χ1n) is 9.45. The first-order chi connectivity index (χ1) is 13.5.